The number of pyridine rings is 1. The average Bonchev–Trinajstić information content (AvgIpc) is 2.96. The van der Waals surface area contributed by atoms with Crippen LogP contribution < -0.4 is 4.90 Å². The molecule has 25 heavy (non-hydrogen) atoms. The van der Waals surface area contributed by atoms with Crippen molar-refractivity contribution in [3.8, 4) is 17.0 Å². The molecule has 6 nitrogen and oxygen atoms in total. The van der Waals surface area contributed by atoms with Crippen LogP contribution in [-0.4, -0.2) is 41.2 Å². The number of methoxy groups -OCH3 is 1. The van der Waals surface area contributed by atoms with E-state index < -0.39 is 5.95 Å². The average molecular weight is 341 g/mol. The molecule has 0 amide bonds. The van der Waals surface area contributed by atoms with E-state index in [4.69, 9.17) is 4.74 Å². The van der Waals surface area contributed by atoms with Crippen LogP contribution in [0.3, 0.4) is 0 Å². The van der Waals surface area contributed by atoms with Crippen LogP contribution in [0.15, 0.2) is 36.4 Å². The normalized spacial score (nSPS) is 14.6. The number of H-pyrrole nitrogens is 1. The number of benzene rings is 1. The van der Waals surface area contributed by atoms with Crippen LogP contribution >= 0.6 is 0 Å². The highest BCUT2D eigenvalue weighted by atomic mass is 19.1. The number of phenolic OH excluding ortho intramolecular Hbond substituents is 1. The maximum Gasteiger partial charge on any atom is 0.312 e. The molecular weight excluding hydrogens is 325 g/mol. The molecule has 0 unspecified atom stereocenters. The molecule has 0 radical (unpaired) electrons. The number of hydrogen-bond acceptors (Lipinski definition) is 5. The Morgan fingerprint density at radius 3 is 2.84 bits per heavy atom. The van der Waals surface area contributed by atoms with E-state index in [1.165, 1.54) is 7.11 Å². The monoisotopic (exact) mass is 341 g/mol. The molecule has 1 aromatic carbocycles. The molecule has 2 N–H and O–H groups in total. The molecule has 4 rings (SSSR count). The van der Waals surface area contributed by atoms with E-state index in [-0.39, 0.29) is 17.6 Å². The van der Waals surface area contributed by atoms with Crippen LogP contribution in [0.4, 0.5) is 10.2 Å². The molecule has 1 saturated heterocycles. The summed E-state index contributed by atoms with van der Waals surface area (Å²) in [6.07, 6.45) is 0. The second-order valence-corrected chi connectivity index (χ2v) is 6.09. The van der Waals surface area contributed by atoms with Crippen molar-refractivity contribution < 1.29 is 19.0 Å². The minimum Gasteiger partial charge on any atom is -0.508 e. The van der Waals surface area contributed by atoms with Crippen molar-refractivity contribution >= 4 is 22.7 Å². The fourth-order valence-electron chi connectivity index (χ4n) is 3.05. The van der Waals surface area contributed by atoms with Crippen LogP contribution in [0.1, 0.15) is 0 Å². The van der Waals surface area contributed by atoms with Gasteiger partial charge in [-0.15, -0.1) is 0 Å². The van der Waals surface area contributed by atoms with Crippen LogP contribution in [0.25, 0.3) is 22.2 Å². The number of nitrogens with zero attached hydrogens (tertiary/aromatic N) is 2. The summed E-state index contributed by atoms with van der Waals surface area (Å²) >= 11 is 0. The first-order valence-electron chi connectivity index (χ1n) is 7.86. The van der Waals surface area contributed by atoms with Gasteiger partial charge in [-0.3, -0.25) is 4.79 Å². The van der Waals surface area contributed by atoms with Gasteiger partial charge in [0.2, 0.25) is 5.95 Å². The van der Waals surface area contributed by atoms with Crippen molar-refractivity contribution in [2.75, 3.05) is 25.1 Å². The van der Waals surface area contributed by atoms with Gasteiger partial charge in [-0.1, -0.05) is 0 Å². The highest BCUT2D eigenvalue weighted by Crippen LogP contribution is 2.30. The van der Waals surface area contributed by atoms with Crippen LogP contribution in [0.5, 0.6) is 5.75 Å². The molecule has 1 aliphatic rings. The predicted molar refractivity (Wildman–Crippen MR) is 90.9 cm³/mol. The summed E-state index contributed by atoms with van der Waals surface area (Å²) in [6, 6.07) is 10.1. The maximum absolute atomic E-state index is 14.5. The SMILES string of the molecule is COC(=O)C1CN(c2ccc(-c3cc4cc(O)ccc4[nH]3)c(F)n2)C1. The molecule has 3 heterocycles. The summed E-state index contributed by atoms with van der Waals surface area (Å²) in [4.78, 5) is 20.4. The Hall–Kier alpha value is -3.09. The Kier molecular flexibility index (Phi) is 3.56. The Bertz CT molecular complexity index is 963. The Morgan fingerprint density at radius 1 is 1.32 bits per heavy atom. The largest absolute Gasteiger partial charge is 0.508 e. The summed E-state index contributed by atoms with van der Waals surface area (Å²) in [5.74, 6) is -0.375. The predicted octanol–water partition coefficient (Wildman–Crippen LogP) is 2.68. The van der Waals surface area contributed by atoms with Gasteiger partial charge in [-0.25, -0.2) is 4.98 Å². The van der Waals surface area contributed by atoms with Gasteiger partial charge in [0.1, 0.15) is 11.6 Å². The first kappa shape index (κ1) is 15.4. The van der Waals surface area contributed by atoms with Crippen molar-refractivity contribution in [1.82, 2.24) is 9.97 Å². The molecule has 0 spiro atoms. The quantitative estimate of drug-likeness (QED) is 0.566. The third-order valence-electron chi connectivity index (χ3n) is 4.47. The Balaban J connectivity index is 1.58. The molecular formula is C18H16FN3O3. The summed E-state index contributed by atoms with van der Waals surface area (Å²) in [6.45, 7) is 0.953. The fourth-order valence-corrected chi connectivity index (χ4v) is 3.05. The smallest absolute Gasteiger partial charge is 0.312 e. The number of carbonyl (C=O) groups excluding carboxylic acids is 1. The van der Waals surface area contributed by atoms with E-state index in [9.17, 15) is 14.3 Å². The van der Waals surface area contributed by atoms with Crippen LogP contribution in [0, 0.1) is 11.9 Å². The maximum atomic E-state index is 14.5. The second kappa shape index (κ2) is 5.77. The number of esters is 1. The molecule has 1 aliphatic heterocycles. The number of nitrogens with one attached hydrogen (secondary N) is 1. The third-order valence-corrected chi connectivity index (χ3v) is 4.47. The van der Waals surface area contributed by atoms with Gasteiger partial charge >= 0.3 is 5.97 Å². The molecule has 2 aromatic heterocycles. The first-order chi connectivity index (χ1) is 12.0. The van der Waals surface area contributed by atoms with Gasteiger partial charge in [0.15, 0.2) is 0 Å². The van der Waals surface area contributed by atoms with Crippen molar-refractivity contribution in [2.24, 2.45) is 5.92 Å². The number of fused-ring (bicyclic) bond motifs is 1. The number of rotatable bonds is 3. The number of halogens is 1. The number of aromatic hydroxyl groups is 1. The zero-order valence-corrected chi connectivity index (χ0v) is 13.5. The lowest BCUT2D eigenvalue weighted by molar-refractivity contribution is -0.146. The van der Waals surface area contributed by atoms with E-state index in [0.29, 0.717) is 30.2 Å². The third kappa shape index (κ3) is 2.67. The van der Waals surface area contributed by atoms with E-state index in [1.807, 2.05) is 4.90 Å². The number of aromatic nitrogens is 2. The number of hydrogen-bond donors (Lipinski definition) is 2. The Morgan fingerprint density at radius 2 is 2.12 bits per heavy atom. The van der Waals surface area contributed by atoms with Gasteiger partial charge < -0.3 is 19.7 Å². The van der Waals surface area contributed by atoms with Crippen molar-refractivity contribution in [3.63, 3.8) is 0 Å². The lowest BCUT2D eigenvalue weighted by Crippen LogP contribution is -2.51. The molecule has 0 bridgehead atoms. The summed E-state index contributed by atoms with van der Waals surface area (Å²) in [7, 11) is 1.36. The summed E-state index contributed by atoms with van der Waals surface area (Å²) in [5.41, 5.74) is 1.75. The van der Waals surface area contributed by atoms with E-state index in [2.05, 4.69) is 9.97 Å². The van der Waals surface area contributed by atoms with E-state index >= 15 is 0 Å². The van der Waals surface area contributed by atoms with Gasteiger partial charge in [0.05, 0.1) is 24.3 Å². The standard InChI is InChI=1S/C18H16FN3O3/c1-25-18(24)11-8-22(9-11)16-5-3-13(17(19)21-16)15-7-10-6-12(23)2-4-14(10)20-15/h2-7,11,20,23H,8-9H2,1H3. The number of anilines is 1. The molecule has 7 heteroatoms. The van der Waals surface area contributed by atoms with Gasteiger partial charge in [-0.05, 0) is 36.4 Å². The number of phenols is 1. The topological polar surface area (TPSA) is 78.5 Å². The molecule has 3 aromatic rings. The summed E-state index contributed by atoms with van der Waals surface area (Å²) in [5, 5.41) is 10.3. The number of ether oxygens (including phenoxy) is 1. The van der Waals surface area contributed by atoms with Gasteiger partial charge in [0, 0.05) is 24.0 Å². The van der Waals surface area contributed by atoms with Gasteiger partial charge in [-0.2, -0.15) is 4.39 Å². The highest BCUT2D eigenvalue weighted by Gasteiger charge is 2.34. The van der Waals surface area contributed by atoms with Crippen molar-refractivity contribution in [1.29, 1.82) is 0 Å². The molecule has 0 saturated carbocycles. The summed E-state index contributed by atoms with van der Waals surface area (Å²) < 4.78 is 19.2. The first-order valence-corrected chi connectivity index (χ1v) is 7.86. The molecule has 1 fully saturated rings. The highest BCUT2D eigenvalue weighted by molar-refractivity contribution is 5.87. The minimum atomic E-state index is -0.588. The molecule has 0 atom stereocenters. The van der Waals surface area contributed by atoms with Crippen molar-refractivity contribution in [3.05, 3.63) is 42.3 Å². The van der Waals surface area contributed by atoms with Gasteiger partial charge in [0.25, 0.3) is 0 Å². The van der Waals surface area contributed by atoms with E-state index in [0.717, 1.165) is 10.9 Å². The zero-order chi connectivity index (χ0) is 17.6. The fraction of sp³-hybridized carbons (Fsp3) is 0.222. The van der Waals surface area contributed by atoms with Crippen molar-refractivity contribution in [2.45, 2.75) is 0 Å². The second-order valence-electron chi connectivity index (χ2n) is 6.09. The number of carbonyl (C=O) groups is 1. The lowest BCUT2D eigenvalue weighted by Gasteiger charge is -2.38. The molecule has 128 valence electrons. The van der Waals surface area contributed by atoms with Crippen LogP contribution in [0.2, 0.25) is 0 Å². The molecule has 0 aliphatic carbocycles. The minimum absolute atomic E-state index is 0.157. The Labute approximate surface area is 142 Å². The number of aromatic amines is 1. The van der Waals surface area contributed by atoms with Crippen LogP contribution in [-0.2, 0) is 9.53 Å². The van der Waals surface area contributed by atoms with E-state index in [1.54, 1.807) is 36.4 Å². The zero-order valence-electron chi connectivity index (χ0n) is 13.5. The lowest BCUT2D eigenvalue weighted by atomic mass is 10.0.